The fourth-order valence-electron chi connectivity index (χ4n) is 2.25. The number of rotatable bonds is 2. The van der Waals surface area contributed by atoms with Crippen LogP contribution < -0.4 is 0 Å². The van der Waals surface area contributed by atoms with Crippen LogP contribution in [0.3, 0.4) is 0 Å². The zero-order chi connectivity index (χ0) is 15.0. The van der Waals surface area contributed by atoms with E-state index in [9.17, 15) is 14.5 Å². The molecule has 0 bridgehead atoms. The zero-order valence-corrected chi connectivity index (χ0v) is 10.5. The first kappa shape index (κ1) is 12.8. The molecule has 0 aliphatic heterocycles. The Hall–Kier alpha value is -3.20. The minimum atomic E-state index is -0.679. The number of benzene rings is 2. The Labute approximate surface area is 118 Å². The highest BCUT2D eigenvalue weighted by Crippen LogP contribution is 2.41. The highest BCUT2D eigenvalue weighted by Gasteiger charge is 2.27. The number of halogens is 1. The molecule has 6 heteroatoms. The summed E-state index contributed by atoms with van der Waals surface area (Å²) >= 11 is 0. The van der Waals surface area contributed by atoms with Crippen LogP contribution >= 0.6 is 0 Å². The molecule has 102 valence electrons. The highest BCUT2D eigenvalue weighted by molar-refractivity contribution is 6.00. The lowest BCUT2D eigenvalue weighted by molar-refractivity contribution is -0.400. The van der Waals surface area contributed by atoms with Crippen molar-refractivity contribution in [1.29, 1.82) is 5.26 Å². The SMILES string of the molecule is N#Cc1cc(F)cc2c(-c3ccccc3)c([N+](=O)[O-])oc12. The smallest absolute Gasteiger partial charge is 0.399 e. The first-order valence-corrected chi connectivity index (χ1v) is 5.97. The lowest BCUT2D eigenvalue weighted by Crippen LogP contribution is -1.88. The molecule has 0 spiro atoms. The second kappa shape index (κ2) is 4.72. The largest absolute Gasteiger partial charge is 0.442 e. The molecule has 3 aromatic rings. The fraction of sp³-hybridized carbons (Fsp3) is 0. The molecule has 0 fully saturated rings. The molecule has 2 aromatic carbocycles. The minimum absolute atomic E-state index is 0.0180. The van der Waals surface area contributed by atoms with Crippen LogP contribution in [-0.2, 0) is 0 Å². The van der Waals surface area contributed by atoms with Gasteiger partial charge in [-0.05, 0) is 17.7 Å². The maximum atomic E-state index is 13.6. The molecule has 5 nitrogen and oxygen atoms in total. The normalized spacial score (nSPS) is 10.5. The molecule has 0 N–H and O–H groups in total. The Morgan fingerprint density at radius 2 is 1.95 bits per heavy atom. The van der Waals surface area contributed by atoms with Crippen LogP contribution in [0.2, 0.25) is 0 Å². The summed E-state index contributed by atoms with van der Waals surface area (Å²) in [5.74, 6) is -1.15. The molecule has 0 atom stereocenters. The molecule has 0 saturated heterocycles. The van der Waals surface area contributed by atoms with E-state index in [4.69, 9.17) is 9.68 Å². The van der Waals surface area contributed by atoms with E-state index in [0.717, 1.165) is 12.1 Å². The van der Waals surface area contributed by atoms with Crippen LogP contribution in [0.1, 0.15) is 5.56 Å². The molecule has 21 heavy (non-hydrogen) atoms. The number of nitrogens with zero attached hydrogens (tertiary/aromatic N) is 2. The molecule has 0 aliphatic rings. The third-order valence-electron chi connectivity index (χ3n) is 3.08. The van der Waals surface area contributed by atoms with E-state index in [0.29, 0.717) is 5.56 Å². The number of hydrogen-bond acceptors (Lipinski definition) is 4. The van der Waals surface area contributed by atoms with E-state index >= 15 is 0 Å². The van der Waals surface area contributed by atoms with Crippen LogP contribution in [0.5, 0.6) is 0 Å². The Bertz CT molecular complexity index is 895. The molecule has 0 unspecified atom stereocenters. The van der Waals surface area contributed by atoms with E-state index in [2.05, 4.69) is 0 Å². The monoisotopic (exact) mass is 282 g/mol. The third-order valence-corrected chi connectivity index (χ3v) is 3.08. The van der Waals surface area contributed by atoms with E-state index in [-0.39, 0.29) is 22.1 Å². The fourth-order valence-corrected chi connectivity index (χ4v) is 2.25. The molecule has 1 aromatic heterocycles. The van der Waals surface area contributed by atoms with Gasteiger partial charge in [0.05, 0.1) is 5.56 Å². The first-order chi connectivity index (χ1) is 10.1. The Morgan fingerprint density at radius 3 is 2.57 bits per heavy atom. The predicted molar refractivity (Wildman–Crippen MR) is 73.0 cm³/mol. The summed E-state index contributed by atoms with van der Waals surface area (Å²) in [5.41, 5.74) is 0.642. The molecule has 0 aliphatic carbocycles. The van der Waals surface area contributed by atoms with Crippen molar-refractivity contribution in [2.24, 2.45) is 0 Å². The van der Waals surface area contributed by atoms with Crippen molar-refractivity contribution in [3.05, 3.63) is 64.0 Å². The van der Waals surface area contributed by atoms with Gasteiger partial charge in [-0.1, -0.05) is 30.3 Å². The van der Waals surface area contributed by atoms with Gasteiger partial charge in [0.15, 0.2) is 5.58 Å². The van der Waals surface area contributed by atoms with Crippen molar-refractivity contribution in [3.63, 3.8) is 0 Å². The molecule has 1 heterocycles. The van der Waals surface area contributed by atoms with Crippen LogP contribution in [0.4, 0.5) is 10.3 Å². The molecule has 0 saturated carbocycles. The standard InChI is InChI=1S/C15H7FN2O3/c16-11-6-10(8-17)14-12(7-11)13(15(21-14)18(19)20)9-4-2-1-3-5-9/h1-7H. The summed E-state index contributed by atoms with van der Waals surface area (Å²) in [7, 11) is 0. The molecule has 3 rings (SSSR count). The molecule has 0 amide bonds. The molecular formula is C15H7FN2O3. The average molecular weight is 282 g/mol. The summed E-state index contributed by atoms with van der Waals surface area (Å²) in [6, 6.07) is 12.4. The number of nitriles is 1. The van der Waals surface area contributed by atoms with Gasteiger partial charge in [0, 0.05) is 5.39 Å². The number of furan rings is 1. The average Bonchev–Trinajstić information content (AvgIpc) is 2.86. The van der Waals surface area contributed by atoms with Crippen molar-refractivity contribution >= 4 is 16.9 Å². The van der Waals surface area contributed by atoms with Crippen molar-refractivity contribution < 1.29 is 13.7 Å². The summed E-state index contributed by atoms with van der Waals surface area (Å²) < 4.78 is 18.8. The number of hydrogen-bond donors (Lipinski definition) is 0. The zero-order valence-electron chi connectivity index (χ0n) is 10.5. The van der Waals surface area contributed by atoms with Gasteiger partial charge in [-0.2, -0.15) is 5.26 Å². The Morgan fingerprint density at radius 1 is 1.24 bits per heavy atom. The van der Waals surface area contributed by atoms with Crippen LogP contribution in [0.25, 0.3) is 22.1 Å². The minimum Gasteiger partial charge on any atom is -0.399 e. The predicted octanol–water partition coefficient (Wildman–Crippen LogP) is 4.02. The van der Waals surface area contributed by atoms with Gasteiger partial charge in [-0.15, -0.1) is 0 Å². The van der Waals surface area contributed by atoms with E-state index in [1.165, 1.54) is 0 Å². The third kappa shape index (κ3) is 2.01. The van der Waals surface area contributed by atoms with Crippen LogP contribution in [0, 0.1) is 27.3 Å². The number of nitro groups is 1. The second-order valence-electron chi connectivity index (χ2n) is 4.35. The summed E-state index contributed by atoms with van der Waals surface area (Å²) in [6.07, 6.45) is 0. The van der Waals surface area contributed by atoms with Gasteiger partial charge in [0.25, 0.3) is 0 Å². The van der Waals surface area contributed by atoms with Crippen LogP contribution in [0.15, 0.2) is 46.9 Å². The molecule has 0 radical (unpaired) electrons. The van der Waals surface area contributed by atoms with Gasteiger partial charge >= 0.3 is 5.88 Å². The van der Waals surface area contributed by atoms with E-state index in [1.54, 1.807) is 36.4 Å². The van der Waals surface area contributed by atoms with Crippen molar-refractivity contribution in [2.75, 3.05) is 0 Å². The van der Waals surface area contributed by atoms with E-state index in [1.807, 2.05) is 0 Å². The van der Waals surface area contributed by atoms with Gasteiger partial charge < -0.3 is 4.42 Å². The van der Waals surface area contributed by atoms with E-state index < -0.39 is 16.6 Å². The molecular weight excluding hydrogens is 275 g/mol. The Balaban J connectivity index is 2.47. The lowest BCUT2D eigenvalue weighted by Gasteiger charge is -1.98. The topological polar surface area (TPSA) is 80.1 Å². The first-order valence-electron chi connectivity index (χ1n) is 5.97. The summed E-state index contributed by atoms with van der Waals surface area (Å²) in [6.45, 7) is 0. The summed E-state index contributed by atoms with van der Waals surface area (Å²) in [4.78, 5) is 10.5. The summed E-state index contributed by atoms with van der Waals surface area (Å²) in [5, 5.41) is 20.4. The van der Waals surface area contributed by atoms with Gasteiger partial charge in [0.1, 0.15) is 22.4 Å². The maximum Gasteiger partial charge on any atom is 0.442 e. The van der Waals surface area contributed by atoms with Crippen molar-refractivity contribution in [1.82, 2.24) is 0 Å². The lowest BCUT2D eigenvalue weighted by atomic mass is 10.0. The van der Waals surface area contributed by atoms with Crippen molar-refractivity contribution in [2.45, 2.75) is 0 Å². The quantitative estimate of drug-likeness (QED) is 0.525. The second-order valence-corrected chi connectivity index (χ2v) is 4.35. The van der Waals surface area contributed by atoms with Gasteiger partial charge in [-0.25, -0.2) is 4.39 Å². The maximum absolute atomic E-state index is 13.6. The van der Waals surface area contributed by atoms with Gasteiger partial charge in [0.2, 0.25) is 0 Å². The van der Waals surface area contributed by atoms with Gasteiger partial charge in [-0.3, -0.25) is 10.1 Å². The highest BCUT2D eigenvalue weighted by atomic mass is 19.1. The number of fused-ring (bicyclic) bond motifs is 1. The Kier molecular flexibility index (Phi) is 2.88. The van der Waals surface area contributed by atoms with Crippen molar-refractivity contribution in [3.8, 4) is 17.2 Å². The van der Waals surface area contributed by atoms with Crippen LogP contribution in [-0.4, -0.2) is 4.92 Å².